The van der Waals surface area contributed by atoms with Gasteiger partial charge in [0.05, 0.1) is 10.7 Å². The Hall–Kier alpha value is -1.92. The van der Waals surface area contributed by atoms with Gasteiger partial charge >= 0.3 is 0 Å². The van der Waals surface area contributed by atoms with E-state index in [1.807, 2.05) is 43.0 Å². The Bertz CT molecular complexity index is 767. The highest BCUT2D eigenvalue weighted by Crippen LogP contribution is 2.24. The number of amides is 1. The number of carbonyl (C=O) groups is 1. The number of benzene rings is 1. The number of aromatic nitrogens is 3. The second-order valence-electron chi connectivity index (χ2n) is 6.96. The zero-order valence-electron chi connectivity index (χ0n) is 15.6. The molecule has 0 radical (unpaired) electrons. The maximum Gasteiger partial charge on any atom is 0.293 e. The van der Waals surface area contributed by atoms with Gasteiger partial charge in [-0.15, -0.1) is 5.10 Å². The zero-order chi connectivity index (χ0) is 18.7. The van der Waals surface area contributed by atoms with Crippen molar-refractivity contribution in [3.8, 4) is 5.69 Å². The van der Waals surface area contributed by atoms with Crippen molar-refractivity contribution in [3.05, 3.63) is 40.9 Å². The van der Waals surface area contributed by atoms with Crippen LogP contribution >= 0.6 is 11.6 Å². The number of hydrogen-bond acceptors (Lipinski definition) is 4. The Kier molecular flexibility index (Phi) is 5.94. The summed E-state index contributed by atoms with van der Waals surface area (Å²) in [6.07, 6.45) is 1.87. The average molecular weight is 376 g/mol. The van der Waals surface area contributed by atoms with E-state index in [1.54, 1.807) is 4.68 Å². The first-order valence-corrected chi connectivity index (χ1v) is 9.64. The molecule has 26 heavy (non-hydrogen) atoms. The molecule has 0 spiro atoms. The second-order valence-corrected chi connectivity index (χ2v) is 7.36. The van der Waals surface area contributed by atoms with Crippen molar-refractivity contribution in [2.24, 2.45) is 0 Å². The van der Waals surface area contributed by atoms with Crippen LogP contribution < -0.4 is 5.32 Å². The smallest absolute Gasteiger partial charge is 0.293 e. The maximum atomic E-state index is 13.2. The molecule has 2 aromatic rings. The van der Waals surface area contributed by atoms with E-state index in [1.165, 1.54) is 0 Å². The van der Waals surface area contributed by atoms with Crippen LogP contribution in [-0.4, -0.2) is 51.2 Å². The first-order chi connectivity index (χ1) is 12.5. The van der Waals surface area contributed by atoms with Crippen LogP contribution in [-0.2, 0) is 0 Å². The van der Waals surface area contributed by atoms with Crippen LogP contribution in [0.15, 0.2) is 24.3 Å². The summed E-state index contributed by atoms with van der Waals surface area (Å²) in [5.74, 6) is 0.998. The van der Waals surface area contributed by atoms with Crippen molar-refractivity contribution in [3.63, 3.8) is 0 Å². The lowest BCUT2D eigenvalue weighted by Crippen LogP contribution is -2.42. The van der Waals surface area contributed by atoms with E-state index in [-0.39, 0.29) is 23.7 Å². The van der Waals surface area contributed by atoms with Gasteiger partial charge in [-0.25, -0.2) is 9.67 Å². The highest BCUT2D eigenvalue weighted by atomic mass is 35.5. The van der Waals surface area contributed by atoms with Crippen LogP contribution in [0.4, 0.5) is 0 Å². The fourth-order valence-electron chi connectivity index (χ4n) is 3.31. The van der Waals surface area contributed by atoms with Gasteiger partial charge in [-0.1, -0.05) is 44.5 Å². The monoisotopic (exact) mass is 375 g/mol. The van der Waals surface area contributed by atoms with Crippen LogP contribution in [0.1, 0.15) is 56.0 Å². The zero-order valence-corrected chi connectivity index (χ0v) is 16.3. The van der Waals surface area contributed by atoms with Gasteiger partial charge in [0.2, 0.25) is 5.82 Å². The van der Waals surface area contributed by atoms with Gasteiger partial charge < -0.3 is 10.2 Å². The van der Waals surface area contributed by atoms with Crippen LogP contribution in [0.2, 0.25) is 5.02 Å². The van der Waals surface area contributed by atoms with E-state index < -0.39 is 0 Å². The molecule has 1 fully saturated rings. The van der Waals surface area contributed by atoms with Crippen molar-refractivity contribution in [2.45, 2.75) is 45.6 Å². The number of para-hydroxylation sites is 1. The molecule has 6 nitrogen and oxygen atoms in total. The Morgan fingerprint density at radius 1 is 1.42 bits per heavy atom. The molecule has 0 bridgehead atoms. The third-order valence-corrected chi connectivity index (χ3v) is 4.94. The SMILES string of the molecule is CCCN(C(=O)c1nc(C(C)C)n(-c2ccccc2Cl)n1)C1CCNC1. The molecule has 7 heteroatoms. The van der Waals surface area contributed by atoms with Gasteiger partial charge in [-0.3, -0.25) is 4.79 Å². The summed E-state index contributed by atoms with van der Waals surface area (Å²) in [7, 11) is 0. The molecule has 1 unspecified atom stereocenters. The van der Waals surface area contributed by atoms with Crippen molar-refractivity contribution in [2.75, 3.05) is 19.6 Å². The molecule has 1 aliphatic rings. The van der Waals surface area contributed by atoms with Crippen LogP contribution in [0, 0.1) is 0 Å². The molecule has 1 saturated heterocycles. The van der Waals surface area contributed by atoms with Gasteiger partial charge in [0.15, 0.2) is 0 Å². The molecule has 1 aromatic heterocycles. The van der Waals surface area contributed by atoms with Gasteiger partial charge in [-0.05, 0) is 31.5 Å². The second kappa shape index (κ2) is 8.18. The lowest BCUT2D eigenvalue weighted by Gasteiger charge is -2.26. The van der Waals surface area contributed by atoms with Crippen molar-refractivity contribution >= 4 is 17.5 Å². The van der Waals surface area contributed by atoms with Crippen molar-refractivity contribution in [1.82, 2.24) is 25.0 Å². The Balaban J connectivity index is 1.98. The molecule has 1 aliphatic heterocycles. The van der Waals surface area contributed by atoms with E-state index >= 15 is 0 Å². The molecule has 140 valence electrons. The standard InChI is InChI=1S/C19H26ClN5O/c1-4-11-24(14-9-10-21-12-14)19(26)17-22-18(13(2)3)25(23-17)16-8-6-5-7-15(16)20/h5-8,13-14,21H,4,9-12H2,1-3H3. The van der Waals surface area contributed by atoms with Crippen molar-refractivity contribution < 1.29 is 4.79 Å². The molecule has 2 heterocycles. The topological polar surface area (TPSA) is 63.1 Å². The molecular weight excluding hydrogens is 350 g/mol. The highest BCUT2D eigenvalue weighted by molar-refractivity contribution is 6.32. The van der Waals surface area contributed by atoms with E-state index in [0.717, 1.165) is 37.4 Å². The number of hydrogen-bond donors (Lipinski definition) is 1. The van der Waals surface area contributed by atoms with Crippen LogP contribution in [0.5, 0.6) is 0 Å². The van der Waals surface area contributed by atoms with Gasteiger partial charge in [0.1, 0.15) is 5.82 Å². The highest BCUT2D eigenvalue weighted by Gasteiger charge is 2.30. The van der Waals surface area contributed by atoms with Gasteiger partial charge in [0, 0.05) is 25.0 Å². The minimum absolute atomic E-state index is 0.103. The largest absolute Gasteiger partial charge is 0.332 e. The summed E-state index contributed by atoms with van der Waals surface area (Å²) < 4.78 is 1.71. The lowest BCUT2D eigenvalue weighted by molar-refractivity contribution is 0.0679. The number of nitrogens with one attached hydrogen (secondary N) is 1. The normalized spacial score (nSPS) is 17.0. The summed E-state index contributed by atoms with van der Waals surface area (Å²) in [5.41, 5.74) is 0.744. The molecule has 3 rings (SSSR count). The van der Waals surface area contributed by atoms with E-state index in [0.29, 0.717) is 11.6 Å². The number of halogens is 1. The van der Waals surface area contributed by atoms with Crippen LogP contribution in [0.3, 0.4) is 0 Å². The number of rotatable bonds is 6. The number of nitrogens with zero attached hydrogens (tertiary/aromatic N) is 4. The first-order valence-electron chi connectivity index (χ1n) is 9.26. The molecule has 1 aromatic carbocycles. The van der Waals surface area contributed by atoms with E-state index in [2.05, 4.69) is 22.3 Å². The summed E-state index contributed by atoms with van der Waals surface area (Å²) >= 11 is 6.35. The molecular formula is C19H26ClN5O. The fraction of sp³-hybridized carbons (Fsp3) is 0.526. The fourth-order valence-corrected chi connectivity index (χ4v) is 3.53. The third-order valence-electron chi connectivity index (χ3n) is 4.62. The Morgan fingerprint density at radius 2 is 2.19 bits per heavy atom. The summed E-state index contributed by atoms with van der Waals surface area (Å²) in [4.78, 5) is 19.6. The predicted molar refractivity (Wildman–Crippen MR) is 103 cm³/mol. The molecule has 1 amide bonds. The molecule has 1 atom stereocenters. The summed E-state index contributed by atoms with van der Waals surface area (Å²) in [5, 5.41) is 8.46. The molecule has 0 saturated carbocycles. The summed E-state index contributed by atoms with van der Waals surface area (Å²) in [6, 6.07) is 7.69. The Labute approximate surface area is 159 Å². The van der Waals surface area contributed by atoms with Crippen molar-refractivity contribution in [1.29, 1.82) is 0 Å². The quantitative estimate of drug-likeness (QED) is 0.841. The maximum absolute atomic E-state index is 13.2. The van der Waals surface area contributed by atoms with E-state index in [4.69, 9.17) is 11.6 Å². The summed E-state index contributed by atoms with van der Waals surface area (Å²) in [6.45, 7) is 8.64. The Morgan fingerprint density at radius 3 is 2.81 bits per heavy atom. The average Bonchev–Trinajstić information content (AvgIpc) is 3.29. The number of carbonyl (C=O) groups excluding carboxylic acids is 1. The van der Waals surface area contributed by atoms with Crippen LogP contribution in [0.25, 0.3) is 5.69 Å². The lowest BCUT2D eigenvalue weighted by atomic mass is 10.2. The molecule has 1 N–H and O–H groups in total. The minimum atomic E-state index is -0.103. The third kappa shape index (κ3) is 3.76. The van der Waals surface area contributed by atoms with E-state index in [9.17, 15) is 4.79 Å². The van der Waals surface area contributed by atoms with Gasteiger partial charge in [-0.2, -0.15) is 0 Å². The minimum Gasteiger partial charge on any atom is -0.332 e. The first kappa shape index (κ1) is 18.9. The molecule has 0 aliphatic carbocycles. The predicted octanol–water partition coefficient (Wildman–Crippen LogP) is 3.26. The van der Waals surface area contributed by atoms with Gasteiger partial charge in [0.25, 0.3) is 5.91 Å².